The number of pyridine rings is 2. The van der Waals surface area contributed by atoms with Gasteiger partial charge in [0.15, 0.2) is 0 Å². The van der Waals surface area contributed by atoms with Crippen molar-refractivity contribution < 1.29 is 22.7 Å². The number of aromatic nitrogens is 3. The van der Waals surface area contributed by atoms with Gasteiger partial charge in [-0.25, -0.2) is 18.1 Å². The average molecular weight is 713 g/mol. The van der Waals surface area contributed by atoms with Crippen molar-refractivity contribution in [1.29, 1.82) is 0 Å². The van der Waals surface area contributed by atoms with Gasteiger partial charge in [-0.1, -0.05) is 66.7 Å². The van der Waals surface area contributed by atoms with E-state index in [0.29, 0.717) is 36.7 Å². The van der Waals surface area contributed by atoms with Crippen LogP contribution in [0.2, 0.25) is 0 Å². The van der Waals surface area contributed by atoms with E-state index in [4.69, 9.17) is 4.74 Å². The van der Waals surface area contributed by atoms with Gasteiger partial charge < -0.3 is 19.9 Å². The molecule has 2 amide bonds. The Balaban J connectivity index is 1.14. The standard InChI is InChI=1S/C40H36N6O5S/c47-39(45-52(49,50)35-16-18-38(44-26-35)42-24-21-33-13-7-8-22-41-33)19-14-32-27-46(28-40(48)43-23-20-30-9-3-1-4-10-30)37-17-15-34(25-36(32)37)51-29-31-11-5-2-6-12-31/h1-19,21-22,24-27H,20,23,28-29H2,(H,42,44)(H,43,48)(H,45,47). The Hall–Kier alpha value is -6.53. The van der Waals surface area contributed by atoms with Crippen LogP contribution in [0.25, 0.3) is 23.1 Å². The summed E-state index contributed by atoms with van der Waals surface area (Å²) >= 11 is 0. The van der Waals surface area contributed by atoms with Gasteiger partial charge in [-0.3, -0.25) is 14.6 Å². The third kappa shape index (κ3) is 9.79. The van der Waals surface area contributed by atoms with Gasteiger partial charge in [-0.05, 0) is 72.2 Å². The van der Waals surface area contributed by atoms with Crippen LogP contribution in [0.3, 0.4) is 0 Å². The Morgan fingerprint density at radius 2 is 1.60 bits per heavy atom. The molecule has 0 aliphatic carbocycles. The Labute approximate surface area is 301 Å². The number of hydrogen-bond donors (Lipinski definition) is 3. The maximum atomic E-state index is 13.0. The molecule has 6 aromatic rings. The molecule has 0 radical (unpaired) electrons. The monoisotopic (exact) mass is 712 g/mol. The zero-order valence-corrected chi connectivity index (χ0v) is 28.9. The predicted octanol–water partition coefficient (Wildman–Crippen LogP) is 5.97. The van der Waals surface area contributed by atoms with Crippen molar-refractivity contribution in [2.75, 3.05) is 11.9 Å². The second kappa shape index (κ2) is 16.9. The summed E-state index contributed by atoms with van der Waals surface area (Å²) in [6.45, 7) is 0.884. The number of nitrogens with zero attached hydrogens (tertiary/aromatic N) is 3. The Morgan fingerprint density at radius 1 is 0.827 bits per heavy atom. The first-order valence-electron chi connectivity index (χ1n) is 16.5. The number of hydrogen-bond acceptors (Lipinski definition) is 8. The maximum Gasteiger partial charge on any atom is 0.265 e. The number of sulfonamides is 1. The highest BCUT2D eigenvalue weighted by Crippen LogP contribution is 2.28. The number of anilines is 1. The third-order valence-electron chi connectivity index (χ3n) is 7.89. The van der Waals surface area contributed by atoms with Crippen molar-refractivity contribution in [1.82, 2.24) is 24.6 Å². The molecule has 0 aliphatic rings. The molecule has 0 spiro atoms. The lowest BCUT2D eigenvalue weighted by Gasteiger charge is -2.09. The van der Waals surface area contributed by atoms with Crippen molar-refractivity contribution >= 4 is 50.7 Å². The number of ether oxygens (including phenoxy) is 1. The third-order valence-corrected chi connectivity index (χ3v) is 9.23. The molecule has 11 nitrogen and oxygen atoms in total. The normalized spacial score (nSPS) is 11.5. The fourth-order valence-electron chi connectivity index (χ4n) is 5.30. The number of benzene rings is 3. The highest BCUT2D eigenvalue weighted by Gasteiger charge is 2.17. The molecule has 0 saturated heterocycles. The molecule has 3 aromatic carbocycles. The minimum atomic E-state index is -4.21. The molecule has 0 atom stereocenters. The van der Waals surface area contributed by atoms with Crippen LogP contribution in [-0.2, 0) is 39.2 Å². The quantitative estimate of drug-likeness (QED) is 0.111. The van der Waals surface area contributed by atoms with Crippen molar-refractivity contribution in [3.05, 3.63) is 162 Å². The predicted molar refractivity (Wildman–Crippen MR) is 201 cm³/mol. The Morgan fingerprint density at radius 3 is 2.33 bits per heavy atom. The molecule has 6 rings (SSSR count). The maximum absolute atomic E-state index is 13.0. The average Bonchev–Trinajstić information content (AvgIpc) is 3.50. The van der Waals surface area contributed by atoms with E-state index in [-0.39, 0.29) is 17.3 Å². The van der Waals surface area contributed by atoms with Gasteiger partial charge in [-0.15, -0.1) is 0 Å². The highest BCUT2D eigenvalue weighted by molar-refractivity contribution is 7.90. The van der Waals surface area contributed by atoms with E-state index in [2.05, 4.69) is 25.3 Å². The summed E-state index contributed by atoms with van der Waals surface area (Å²) in [4.78, 5) is 34.0. The van der Waals surface area contributed by atoms with Gasteiger partial charge >= 0.3 is 0 Å². The van der Waals surface area contributed by atoms with Crippen LogP contribution in [-0.4, -0.2) is 41.3 Å². The van der Waals surface area contributed by atoms with Gasteiger partial charge in [0.1, 0.15) is 29.6 Å². The Kier molecular flexibility index (Phi) is 11.5. The lowest BCUT2D eigenvalue weighted by molar-refractivity contribution is -0.121. The highest BCUT2D eigenvalue weighted by atomic mass is 32.2. The molecule has 0 unspecified atom stereocenters. The van der Waals surface area contributed by atoms with E-state index in [9.17, 15) is 18.0 Å². The summed E-state index contributed by atoms with van der Waals surface area (Å²) in [5.41, 5.74) is 4.21. The zero-order chi connectivity index (χ0) is 36.2. The van der Waals surface area contributed by atoms with Gasteiger partial charge in [0.05, 0.1) is 5.69 Å². The lowest BCUT2D eigenvalue weighted by Crippen LogP contribution is -2.29. The van der Waals surface area contributed by atoms with E-state index in [1.807, 2.05) is 97.1 Å². The summed E-state index contributed by atoms with van der Waals surface area (Å²) in [5.74, 6) is -0.0151. The first-order chi connectivity index (χ1) is 25.3. The molecule has 3 aromatic heterocycles. The molecule has 0 fully saturated rings. The van der Waals surface area contributed by atoms with Crippen molar-refractivity contribution in [3.63, 3.8) is 0 Å². The molecule has 0 bridgehead atoms. The molecule has 12 heteroatoms. The lowest BCUT2D eigenvalue weighted by atomic mass is 10.1. The fourth-order valence-corrected chi connectivity index (χ4v) is 6.19. The minimum Gasteiger partial charge on any atom is -0.489 e. The molecule has 0 saturated carbocycles. The molecule has 52 heavy (non-hydrogen) atoms. The Bertz CT molecular complexity index is 2290. The van der Waals surface area contributed by atoms with E-state index in [1.54, 1.807) is 29.2 Å². The van der Waals surface area contributed by atoms with Gasteiger partial charge in [0.25, 0.3) is 15.9 Å². The van der Waals surface area contributed by atoms with Crippen LogP contribution in [0.4, 0.5) is 5.82 Å². The summed E-state index contributed by atoms with van der Waals surface area (Å²) in [7, 11) is -4.21. The molecule has 3 heterocycles. The second-order valence-electron chi connectivity index (χ2n) is 11.7. The number of carbonyl (C=O) groups excluding carboxylic acids is 2. The number of fused-ring (bicyclic) bond motifs is 1. The number of amides is 2. The van der Waals surface area contributed by atoms with Crippen LogP contribution in [0.15, 0.2) is 145 Å². The largest absolute Gasteiger partial charge is 0.489 e. The van der Waals surface area contributed by atoms with Crippen molar-refractivity contribution in [2.45, 2.75) is 24.5 Å². The molecular weight excluding hydrogens is 677 g/mol. The van der Waals surface area contributed by atoms with Crippen LogP contribution in [0.1, 0.15) is 22.4 Å². The van der Waals surface area contributed by atoms with E-state index < -0.39 is 15.9 Å². The van der Waals surface area contributed by atoms with Crippen LogP contribution in [0, 0.1) is 0 Å². The fraction of sp³-hybridized carbons (Fsp3) is 0.100. The van der Waals surface area contributed by atoms with E-state index in [1.165, 1.54) is 18.2 Å². The SMILES string of the molecule is O=C(C=Cc1cn(CC(=O)NCCc2ccccc2)c2ccc(OCc3ccccc3)cc12)NS(=O)(=O)c1ccc(NC=Cc2ccccn2)nc1. The molecule has 0 aliphatic heterocycles. The molecule has 3 N–H and O–H groups in total. The number of carbonyl (C=O) groups is 2. The van der Waals surface area contributed by atoms with E-state index in [0.717, 1.165) is 40.0 Å². The van der Waals surface area contributed by atoms with Crippen LogP contribution in [0.5, 0.6) is 5.75 Å². The number of rotatable bonds is 15. The van der Waals surface area contributed by atoms with Gasteiger partial charge in [0, 0.05) is 53.9 Å². The van der Waals surface area contributed by atoms with Crippen LogP contribution >= 0.6 is 0 Å². The summed E-state index contributed by atoms with van der Waals surface area (Å²) < 4.78 is 35.9. The topological polar surface area (TPSA) is 144 Å². The summed E-state index contributed by atoms with van der Waals surface area (Å²) in [6, 6.07) is 33.5. The smallest absolute Gasteiger partial charge is 0.265 e. The summed E-state index contributed by atoms with van der Waals surface area (Å²) in [6.07, 6.45) is 11.3. The van der Waals surface area contributed by atoms with Crippen LogP contribution < -0.4 is 20.1 Å². The summed E-state index contributed by atoms with van der Waals surface area (Å²) in [5, 5.41) is 6.64. The van der Waals surface area contributed by atoms with E-state index >= 15 is 0 Å². The van der Waals surface area contributed by atoms with Crippen molar-refractivity contribution in [3.8, 4) is 5.75 Å². The minimum absolute atomic E-state index is 0.0424. The molecule has 262 valence electrons. The van der Waals surface area contributed by atoms with Gasteiger partial charge in [-0.2, -0.15) is 0 Å². The second-order valence-corrected chi connectivity index (χ2v) is 13.3. The zero-order valence-electron chi connectivity index (χ0n) is 28.1. The number of nitrogens with one attached hydrogen (secondary N) is 3. The van der Waals surface area contributed by atoms with Gasteiger partial charge in [0.2, 0.25) is 5.91 Å². The first kappa shape index (κ1) is 35.3. The first-order valence-corrected chi connectivity index (χ1v) is 18.0. The molecular formula is C40H36N6O5S. The van der Waals surface area contributed by atoms with Crippen molar-refractivity contribution in [2.24, 2.45) is 0 Å².